The Morgan fingerprint density at radius 2 is 2.18 bits per heavy atom. The standard InChI is InChI=1S/C12H20N2O5S3/c1-14-10-6-8(4-3-5-19-2)21(15,16)12-9(10)7-11(20-12)22(13,17)18/h7-8,10,14H,3-6H2,1-2H3,(H2,13,17,18). The van der Waals surface area contributed by atoms with Crippen molar-refractivity contribution in [2.45, 2.75) is 39.0 Å². The summed E-state index contributed by atoms with van der Waals surface area (Å²) < 4.78 is 53.4. The second-order valence-electron chi connectivity index (χ2n) is 5.23. The van der Waals surface area contributed by atoms with Crippen LogP contribution >= 0.6 is 11.3 Å². The van der Waals surface area contributed by atoms with E-state index in [4.69, 9.17) is 9.88 Å². The molecule has 0 aromatic carbocycles. The van der Waals surface area contributed by atoms with Crippen molar-refractivity contribution in [3.8, 4) is 0 Å². The zero-order valence-corrected chi connectivity index (χ0v) is 14.9. The minimum absolute atomic E-state index is 0.112. The SMILES string of the molecule is CNC1CC(CCCOC)S(=O)(=O)c2sc(S(N)(=O)=O)cc21. The van der Waals surface area contributed by atoms with Gasteiger partial charge in [0, 0.05) is 25.3 Å². The molecule has 1 aliphatic rings. The van der Waals surface area contributed by atoms with Crippen LogP contribution < -0.4 is 10.5 Å². The lowest BCUT2D eigenvalue weighted by molar-refractivity contribution is 0.191. The number of nitrogens with two attached hydrogens (primary N) is 1. The summed E-state index contributed by atoms with van der Waals surface area (Å²) in [5, 5.41) is 7.64. The van der Waals surface area contributed by atoms with Crippen LogP contribution in [0.4, 0.5) is 0 Å². The number of sulfone groups is 1. The van der Waals surface area contributed by atoms with Crippen LogP contribution in [-0.4, -0.2) is 42.8 Å². The van der Waals surface area contributed by atoms with Crippen molar-refractivity contribution in [2.75, 3.05) is 20.8 Å². The Balaban J connectivity index is 2.44. The first-order valence-corrected chi connectivity index (χ1v) is 10.7. The zero-order valence-electron chi connectivity index (χ0n) is 12.4. The molecule has 2 heterocycles. The summed E-state index contributed by atoms with van der Waals surface area (Å²) >= 11 is 0.739. The van der Waals surface area contributed by atoms with E-state index in [-0.39, 0.29) is 14.5 Å². The van der Waals surface area contributed by atoms with Gasteiger partial charge in [-0.1, -0.05) is 0 Å². The van der Waals surface area contributed by atoms with E-state index in [1.165, 1.54) is 6.07 Å². The van der Waals surface area contributed by atoms with Gasteiger partial charge in [0.2, 0.25) is 10.0 Å². The van der Waals surface area contributed by atoms with E-state index >= 15 is 0 Å². The molecule has 0 radical (unpaired) electrons. The van der Waals surface area contributed by atoms with Gasteiger partial charge in [-0.25, -0.2) is 22.0 Å². The zero-order chi connectivity index (χ0) is 16.5. The summed E-state index contributed by atoms with van der Waals surface area (Å²) in [7, 11) is -4.15. The van der Waals surface area contributed by atoms with Crippen LogP contribution in [0.25, 0.3) is 0 Å². The molecule has 0 saturated heterocycles. The third-order valence-corrected chi connectivity index (χ3v) is 9.15. The van der Waals surface area contributed by atoms with Crippen LogP contribution in [0.3, 0.4) is 0 Å². The van der Waals surface area contributed by atoms with Crippen molar-refractivity contribution < 1.29 is 21.6 Å². The summed E-state index contributed by atoms with van der Waals surface area (Å²) in [4.78, 5) is 0. The van der Waals surface area contributed by atoms with E-state index in [0.29, 0.717) is 31.4 Å². The van der Waals surface area contributed by atoms with Crippen LogP contribution in [0.2, 0.25) is 0 Å². The van der Waals surface area contributed by atoms with Gasteiger partial charge in [0.05, 0.1) is 5.25 Å². The number of nitrogens with one attached hydrogen (secondary N) is 1. The molecule has 1 aliphatic heterocycles. The fourth-order valence-electron chi connectivity index (χ4n) is 2.64. The molecule has 0 aliphatic carbocycles. The summed E-state index contributed by atoms with van der Waals surface area (Å²) in [6, 6.07) is 1.18. The van der Waals surface area contributed by atoms with Crippen LogP contribution in [-0.2, 0) is 24.6 Å². The molecule has 3 N–H and O–H groups in total. The highest BCUT2D eigenvalue weighted by Gasteiger charge is 2.40. The predicted molar refractivity (Wildman–Crippen MR) is 84.2 cm³/mol. The predicted octanol–water partition coefficient (Wildman–Crippen LogP) is 0.629. The fourth-order valence-corrected chi connectivity index (χ4v) is 7.39. The number of fused-ring (bicyclic) bond motifs is 1. The number of primary sulfonamides is 1. The molecule has 0 bridgehead atoms. The lowest BCUT2D eigenvalue weighted by atomic mass is 10.0. The van der Waals surface area contributed by atoms with Gasteiger partial charge in [-0.05, 0) is 32.4 Å². The molecule has 2 rings (SSSR count). The first-order chi connectivity index (χ1) is 10.2. The number of ether oxygens (including phenoxy) is 1. The van der Waals surface area contributed by atoms with Crippen molar-refractivity contribution in [3.05, 3.63) is 11.6 Å². The van der Waals surface area contributed by atoms with Crippen molar-refractivity contribution in [1.29, 1.82) is 0 Å². The lowest BCUT2D eigenvalue weighted by Gasteiger charge is -2.29. The molecule has 1 aromatic heterocycles. The number of sulfonamides is 1. The second kappa shape index (κ2) is 6.54. The molecule has 0 amide bonds. The average molecular weight is 369 g/mol. The Kier molecular flexibility index (Phi) is 5.30. The van der Waals surface area contributed by atoms with Gasteiger partial charge in [0.15, 0.2) is 9.84 Å². The minimum Gasteiger partial charge on any atom is -0.385 e. The summed E-state index contributed by atoms with van der Waals surface area (Å²) in [5.74, 6) is 0. The molecule has 0 fully saturated rings. The van der Waals surface area contributed by atoms with Crippen LogP contribution in [0, 0.1) is 0 Å². The Hall–Kier alpha value is -0.520. The third kappa shape index (κ3) is 3.36. The second-order valence-corrected chi connectivity index (χ2v) is 10.5. The number of methoxy groups -OCH3 is 1. The van der Waals surface area contributed by atoms with Gasteiger partial charge in [-0.15, -0.1) is 11.3 Å². The van der Waals surface area contributed by atoms with Crippen molar-refractivity contribution in [1.82, 2.24) is 5.32 Å². The summed E-state index contributed by atoms with van der Waals surface area (Å²) in [5.41, 5.74) is 0.500. The molecule has 2 unspecified atom stereocenters. The molecule has 7 nitrogen and oxygen atoms in total. The maximum absolute atomic E-state index is 12.7. The quantitative estimate of drug-likeness (QED) is 0.712. The molecule has 22 heavy (non-hydrogen) atoms. The van der Waals surface area contributed by atoms with Gasteiger partial charge < -0.3 is 10.1 Å². The number of rotatable bonds is 6. The topological polar surface area (TPSA) is 116 Å². The van der Waals surface area contributed by atoms with E-state index in [0.717, 1.165) is 11.3 Å². The fraction of sp³-hybridized carbons (Fsp3) is 0.667. The van der Waals surface area contributed by atoms with E-state index in [1.54, 1.807) is 14.2 Å². The number of thiophene rings is 1. The Morgan fingerprint density at radius 3 is 2.73 bits per heavy atom. The molecule has 0 spiro atoms. The first-order valence-electron chi connectivity index (χ1n) is 6.78. The highest BCUT2D eigenvalue weighted by atomic mass is 32.3. The molecular formula is C12H20N2O5S3. The largest absolute Gasteiger partial charge is 0.385 e. The highest BCUT2D eigenvalue weighted by molar-refractivity contribution is 7.95. The normalized spacial score (nSPS) is 24.1. The van der Waals surface area contributed by atoms with Gasteiger partial charge in [0.25, 0.3) is 0 Å². The monoisotopic (exact) mass is 368 g/mol. The van der Waals surface area contributed by atoms with Crippen molar-refractivity contribution in [2.24, 2.45) is 5.14 Å². The Morgan fingerprint density at radius 1 is 1.50 bits per heavy atom. The average Bonchev–Trinajstić information content (AvgIpc) is 2.88. The van der Waals surface area contributed by atoms with Gasteiger partial charge >= 0.3 is 0 Å². The van der Waals surface area contributed by atoms with Crippen LogP contribution in [0.1, 0.15) is 30.9 Å². The summed E-state index contributed by atoms with van der Waals surface area (Å²) in [6.45, 7) is 0.496. The molecule has 1 aromatic rings. The lowest BCUT2D eigenvalue weighted by Crippen LogP contribution is -2.33. The van der Waals surface area contributed by atoms with Crippen molar-refractivity contribution in [3.63, 3.8) is 0 Å². The van der Waals surface area contributed by atoms with Crippen LogP contribution in [0.15, 0.2) is 14.5 Å². The molecular weight excluding hydrogens is 348 g/mol. The maximum atomic E-state index is 12.7. The van der Waals surface area contributed by atoms with E-state index in [9.17, 15) is 16.8 Å². The van der Waals surface area contributed by atoms with Crippen molar-refractivity contribution >= 4 is 31.2 Å². The van der Waals surface area contributed by atoms with E-state index in [1.807, 2.05) is 0 Å². The van der Waals surface area contributed by atoms with Crippen LogP contribution in [0.5, 0.6) is 0 Å². The van der Waals surface area contributed by atoms with Gasteiger partial charge in [0.1, 0.15) is 8.42 Å². The smallest absolute Gasteiger partial charge is 0.247 e. The Labute approximate surface area is 134 Å². The maximum Gasteiger partial charge on any atom is 0.247 e. The van der Waals surface area contributed by atoms with E-state index < -0.39 is 25.1 Å². The van der Waals surface area contributed by atoms with Gasteiger partial charge in [-0.2, -0.15) is 0 Å². The minimum atomic E-state index is -3.91. The first kappa shape index (κ1) is 17.8. The summed E-state index contributed by atoms with van der Waals surface area (Å²) in [6.07, 6.45) is 1.53. The Bertz CT molecular complexity index is 739. The number of hydrogen-bond donors (Lipinski definition) is 2. The molecule has 126 valence electrons. The molecule has 2 atom stereocenters. The van der Waals surface area contributed by atoms with E-state index in [2.05, 4.69) is 5.32 Å². The highest BCUT2D eigenvalue weighted by Crippen LogP contribution is 2.43. The number of hydrogen-bond acceptors (Lipinski definition) is 7. The molecule has 0 saturated carbocycles. The molecule has 10 heteroatoms. The van der Waals surface area contributed by atoms with Gasteiger partial charge in [-0.3, -0.25) is 0 Å². The third-order valence-electron chi connectivity index (χ3n) is 3.78.